The molecule has 20 heavy (non-hydrogen) atoms. The van der Waals surface area contributed by atoms with Crippen LogP contribution in [0.2, 0.25) is 0 Å². The molecule has 0 saturated carbocycles. The van der Waals surface area contributed by atoms with Crippen LogP contribution < -0.4 is 5.32 Å². The number of nitrogens with zero attached hydrogens (tertiary/aromatic N) is 3. The smallest absolute Gasteiger partial charge is 0.289 e. The van der Waals surface area contributed by atoms with Crippen LogP contribution in [0.15, 0.2) is 42.6 Å². The molecular formula is C14H12N4O2. The Morgan fingerprint density at radius 1 is 1.35 bits per heavy atom. The quantitative estimate of drug-likeness (QED) is 0.664. The van der Waals surface area contributed by atoms with Gasteiger partial charge in [0, 0.05) is 12.6 Å². The predicted octanol–water partition coefficient (Wildman–Crippen LogP) is 2.52. The zero-order chi connectivity index (χ0) is 14.4. The lowest BCUT2D eigenvalue weighted by atomic mass is 10.1. The molecule has 0 radical (unpaired) electrons. The number of hydrogen-bond acceptors (Lipinski definition) is 5. The van der Waals surface area contributed by atoms with Gasteiger partial charge in [-0.25, -0.2) is 4.98 Å². The van der Waals surface area contributed by atoms with Crippen LogP contribution in [0.1, 0.15) is 11.1 Å². The van der Waals surface area contributed by atoms with E-state index in [1.807, 2.05) is 36.4 Å². The van der Waals surface area contributed by atoms with E-state index in [2.05, 4.69) is 10.3 Å². The van der Waals surface area contributed by atoms with E-state index in [1.165, 1.54) is 11.6 Å². The highest BCUT2D eigenvalue weighted by Gasteiger charge is 2.11. The molecule has 0 aliphatic heterocycles. The third-order valence-corrected chi connectivity index (χ3v) is 2.75. The van der Waals surface area contributed by atoms with Crippen molar-refractivity contribution in [3.8, 4) is 6.07 Å². The Morgan fingerprint density at radius 3 is 2.75 bits per heavy atom. The summed E-state index contributed by atoms with van der Waals surface area (Å²) in [6.07, 6.45) is 1.93. The van der Waals surface area contributed by atoms with Crippen LogP contribution in [0.4, 0.5) is 11.5 Å². The molecule has 100 valence electrons. The SMILES string of the molecule is N#Cc1cc([N+](=O)[O-])cnc1NCCc1ccccc1. The molecule has 0 aliphatic carbocycles. The molecule has 2 aromatic rings. The normalized spacial score (nSPS) is 9.75. The van der Waals surface area contributed by atoms with Crippen molar-refractivity contribution in [3.05, 3.63) is 63.8 Å². The van der Waals surface area contributed by atoms with Gasteiger partial charge in [0.15, 0.2) is 0 Å². The Bertz CT molecular complexity index is 650. The summed E-state index contributed by atoms with van der Waals surface area (Å²) >= 11 is 0. The molecular weight excluding hydrogens is 256 g/mol. The van der Waals surface area contributed by atoms with Gasteiger partial charge in [-0.2, -0.15) is 5.26 Å². The first-order valence-electron chi connectivity index (χ1n) is 6.03. The molecule has 0 amide bonds. The molecule has 0 atom stereocenters. The molecule has 2 rings (SSSR count). The second-order valence-electron chi connectivity index (χ2n) is 4.12. The minimum Gasteiger partial charge on any atom is -0.369 e. The Balaban J connectivity index is 2.03. The van der Waals surface area contributed by atoms with Crippen LogP contribution in [-0.4, -0.2) is 16.5 Å². The second-order valence-corrected chi connectivity index (χ2v) is 4.12. The topological polar surface area (TPSA) is 91.8 Å². The van der Waals surface area contributed by atoms with Crippen molar-refractivity contribution in [2.45, 2.75) is 6.42 Å². The lowest BCUT2D eigenvalue weighted by Gasteiger charge is -2.06. The largest absolute Gasteiger partial charge is 0.369 e. The van der Waals surface area contributed by atoms with Crippen molar-refractivity contribution in [1.82, 2.24) is 4.98 Å². The van der Waals surface area contributed by atoms with E-state index < -0.39 is 4.92 Å². The van der Waals surface area contributed by atoms with Crippen molar-refractivity contribution < 1.29 is 4.92 Å². The van der Waals surface area contributed by atoms with Crippen molar-refractivity contribution in [3.63, 3.8) is 0 Å². The molecule has 0 bridgehead atoms. The zero-order valence-electron chi connectivity index (χ0n) is 10.6. The molecule has 6 heteroatoms. The number of nitrogens with one attached hydrogen (secondary N) is 1. The summed E-state index contributed by atoms with van der Waals surface area (Å²) in [5.74, 6) is 0.369. The number of nitro groups is 1. The van der Waals surface area contributed by atoms with Crippen molar-refractivity contribution in [2.24, 2.45) is 0 Å². The highest BCUT2D eigenvalue weighted by molar-refractivity contribution is 5.55. The van der Waals surface area contributed by atoms with Gasteiger partial charge in [0.1, 0.15) is 23.6 Å². The zero-order valence-corrected chi connectivity index (χ0v) is 10.6. The van der Waals surface area contributed by atoms with Gasteiger partial charge in [-0.3, -0.25) is 10.1 Å². The summed E-state index contributed by atoms with van der Waals surface area (Å²) in [4.78, 5) is 14.0. The van der Waals surface area contributed by atoms with E-state index in [0.717, 1.165) is 12.6 Å². The summed E-state index contributed by atoms with van der Waals surface area (Å²) < 4.78 is 0. The number of benzene rings is 1. The van der Waals surface area contributed by atoms with Crippen molar-refractivity contribution in [1.29, 1.82) is 5.26 Å². The number of nitriles is 1. The number of anilines is 1. The number of aromatic nitrogens is 1. The van der Waals surface area contributed by atoms with Gasteiger partial charge in [0.2, 0.25) is 0 Å². The second kappa shape index (κ2) is 6.29. The first-order valence-corrected chi connectivity index (χ1v) is 6.03. The standard InChI is InChI=1S/C14H12N4O2/c15-9-12-8-13(18(19)20)10-17-14(12)16-7-6-11-4-2-1-3-5-11/h1-5,8,10H,6-7H2,(H,16,17). The lowest BCUT2D eigenvalue weighted by Crippen LogP contribution is -2.08. The molecule has 1 aromatic carbocycles. The fourth-order valence-corrected chi connectivity index (χ4v) is 1.75. The van der Waals surface area contributed by atoms with Crippen LogP contribution in [-0.2, 0) is 6.42 Å². The third kappa shape index (κ3) is 3.29. The van der Waals surface area contributed by atoms with E-state index in [-0.39, 0.29) is 11.3 Å². The van der Waals surface area contributed by atoms with Gasteiger partial charge in [-0.15, -0.1) is 0 Å². The minimum absolute atomic E-state index is 0.173. The first kappa shape index (κ1) is 13.5. The predicted molar refractivity (Wildman–Crippen MR) is 74.2 cm³/mol. The number of rotatable bonds is 5. The molecule has 0 saturated heterocycles. The highest BCUT2D eigenvalue weighted by Crippen LogP contribution is 2.18. The number of pyridine rings is 1. The monoisotopic (exact) mass is 268 g/mol. The van der Waals surface area contributed by atoms with Crippen molar-refractivity contribution in [2.75, 3.05) is 11.9 Å². The maximum absolute atomic E-state index is 10.6. The van der Waals surface area contributed by atoms with E-state index >= 15 is 0 Å². The Morgan fingerprint density at radius 2 is 2.10 bits per heavy atom. The molecule has 0 aliphatic rings. The first-order chi connectivity index (χ1) is 9.70. The average molecular weight is 268 g/mol. The molecule has 1 heterocycles. The molecule has 0 spiro atoms. The third-order valence-electron chi connectivity index (χ3n) is 2.75. The summed E-state index contributed by atoms with van der Waals surface area (Å²) in [6, 6.07) is 13.0. The van der Waals surface area contributed by atoms with Crippen LogP contribution in [0.3, 0.4) is 0 Å². The van der Waals surface area contributed by atoms with Crippen LogP contribution in [0, 0.1) is 21.4 Å². The van der Waals surface area contributed by atoms with Crippen molar-refractivity contribution >= 4 is 11.5 Å². The van der Waals surface area contributed by atoms with Crippen LogP contribution in [0.25, 0.3) is 0 Å². The summed E-state index contributed by atoms with van der Waals surface area (Å²) in [6.45, 7) is 0.601. The molecule has 0 fully saturated rings. The fraction of sp³-hybridized carbons (Fsp3) is 0.143. The summed E-state index contributed by atoms with van der Waals surface area (Å²) in [5, 5.41) is 22.6. The van der Waals surface area contributed by atoms with E-state index in [4.69, 9.17) is 5.26 Å². The Kier molecular flexibility index (Phi) is 4.24. The molecule has 1 aromatic heterocycles. The van der Waals surface area contributed by atoms with E-state index in [9.17, 15) is 10.1 Å². The van der Waals surface area contributed by atoms with Gasteiger partial charge >= 0.3 is 0 Å². The summed E-state index contributed by atoms with van der Waals surface area (Å²) in [7, 11) is 0. The van der Waals surface area contributed by atoms with E-state index in [0.29, 0.717) is 12.4 Å². The average Bonchev–Trinajstić information content (AvgIpc) is 2.48. The number of hydrogen-bond donors (Lipinski definition) is 1. The maximum Gasteiger partial charge on any atom is 0.289 e. The van der Waals surface area contributed by atoms with Gasteiger partial charge in [-0.1, -0.05) is 30.3 Å². The van der Waals surface area contributed by atoms with Crippen LogP contribution >= 0.6 is 0 Å². The molecule has 1 N–H and O–H groups in total. The van der Waals surface area contributed by atoms with Gasteiger partial charge in [0.25, 0.3) is 5.69 Å². The minimum atomic E-state index is -0.568. The maximum atomic E-state index is 10.6. The van der Waals surface area contributed by atoms with Gasteiger partial charge in [-0.05, 0) is 12.0 Å². The Labute approximate surface area is 115 Å². The molecule has 6 nitrogen and oxygen atoms in total. The van der Waals surface area contributed by atoms with Gasteiger partial charge < -0.3 is 5.32 Å². The highest BCUT2D eigenvalue weighted by atomic mass is 16.6. The lowest BCUT2D eigenvalue weighted by molar-refractivity contribution is -0.385. The Hall–Kier alpha value is -2.94. The van der Waals surface area contributed by atoms with Gasteiger partial charge in [0.05, 0.1) is 4.92 Å². The van der Waals surface area contributed by atoms with E-state index in [1.54, 1.807) is 0 Å². The van der Waals surface area contributed by atoms with Crippen LogP contribution in [0.5, 0.6) is 0 Å². The molecule has 0 unspecified atom stereocenters. The fourth-order valence-electron chi connectivity index (χ4n) is 1.75. The summed E-state index contributed by atoms with van der Waals surface area (Å²) in [5.41, 5.74) is 1.16.